The highest BCUT2D eigenvalue weighted by Gasteiger charge is 2.22. The summed E-state index contributed by atoms with van der Waals surface area (Å²) in [5.74, 6) is 0.537. The lowest BCUT2D eigenvalue weighted by atomic mass is 9.93. The summed E-state index contributed by atoms with van der Waals surface area (Å²) in [5.41, 5.74) is 4.34. The van der Waals surface area contributed by atoms with Crippen LogP contribution in [0.5, 0.6) is 0 Å². The molecular formula is C22H26N2O2. The van der Waals surface area contributed by atoms with Crippen LogP contribution in [0.2, 0.25) is 0 Å². The maximum absolute atomic E-state index is 12.4. The number of nitrogens with zero attached hydrogens (tertiary/aromatic N) is 1. The van der Waals surface area contributed by atoms with Crippen LogP contribution in [0.15, 0.2) is 48.5 Å². The summed E-state index contributed by atoms with van der Waals surface area (Å²) >= 11 is 0. The Morgan fingerprint density at radius 1 is 1.08 bits per heavy atom. The topological polar surface area (TPSA) is 49.4 Å². The van der Waals surface area contributed by atoms with Gasteiger partial charge in [0.25, 0.3) is 0 Å². The van der Waals surface area contributed by atoms with E-state index in [1.165, 1.54) is 11.1 Å². The normalized spacial score (nSPS) is 14.9. The molecule has 0 radical (unpaired) electrons. The fraction of sp³-hybridized carbons (Fsp3) is 0.364. The zero-order chi connectivity index (χ0) is 18.5. The molecule has 0 aliphatic carbocycles. The predicted octanol–water partition coefficient (Wildman–Crippen LogP) is 4.25. The second-order valence-electron chi connectivity index (χ2n) is 7.10. The molecule has 2 amide bonds. The fourth-order valence-electron chi connectivity index (χ4n) is 3.61. The van der Waals surface area contributed by atoms with E-state index in [0.29, 0.717) is 12.3 Å². The van der Waals surface area contributed by atoms with Crippen molar-refractivity contribution >= 4 is 17.5 Å². The van der Waals surface area contributed by atoms with Gasteiger partial charge in [0.05, 0.1) is 0 Å². The van der Waals surface area contributed by atoms with Gasteiger partial charge in [-0.25, -0.2) is 0 Å². The van der Waals surface area contributed by atoms with Crippen molar-refractivity contribution < 1.29 is 9.59 Å². The number of hydrogen-bond acceptors (Lipinski definition) is 2. The molecule has 1 N–H and O–H groups in total. The maximum atomic E-state index is 12.4. The van der Waals surface area contributed by atoms with Crippen LogP contribution in [0, 0.1) is 12.8 Å². The minimum Gasteiger partial charge on any atom is -0.343 e. The number of nitrogens with one attached hydrogen (secondary N) is 1. The first-order chi connectivity index (χ1) is 12.5. The van der Waals surface area contributed by atoms with E-state index in [2.05, 4.69) is 30.4 Å². The van der Waals surface area contributed by atoms with E-state index < -0.39 is 0 Å². The van der Waals surface area contributed by atoms with Crippen LogP contribution in [0.4, 0.5) is 5.69 Å². The summed E-state index contributed by atoms with van der Waals surface area (Å²) in [7, 11) is 0. The number of likely N-dealkylation sites (tertiary alicyclic amines) is 1. The second-order valence-corrected chi connectivity index (χ2v) is 7.10. The number of carbonyl (C=O) groups excluding carboxylic acids is 2. The smallest absolute Gasteiger partial charge is 0.224 e. The number of hydrogen-bond donors (Lipinski definition) is 1. The molecule has 1 aliphatic heterocycles. The SMILES string of the molecule is CC(=O)N1CCC(CC(=O)Nc2ccc(-c3ccccc3)c(C)c2)CC1. The molecule has 1 fully saturated rings. The van der Waals surface area contributed by atoms with Gasteiger partial charge in [-0.1, -0.05) is 36.4 Å². The number of carbonyl (C=O) groups is 2. The van der Waals surface area contributed by atoms with E-state index in [1.807, 2.05) is 35.2 Å². The average molecular weight is 350 g/mol. The van der Waals surface area contributed by atoms with Crippen LogP contribution < -0.4 is 5.32 Å². The molecule has 0 aromatic heterocycles. The first-order valence-electron chi connectivity index (χ1n) is 9.24. The zero-order valence-corrected chi connectivity index (χ0v) is 15.5. The van der Waals surface area contributed by atoms with Gasteiger partial charge in [-0.3, -0.25) is 9.59 Å². The van der Waals surface area contributed by atoms with Gasteiger partial charge in [0, 0.05) is 32.1 Å². The molecule has 2 aromatic rings. The first-order valence-corrected chi connectivity index (χ1v) is 9.24. The Bertz CT molecular complexity index is 778. The predicted molar refractivity (Wildman–Crippen MR) is 105 cm³/mol. The monoisotopic (exact) mass is 350 g/mol. The number of aryl methyl sites for hydroxylation is 1. The second kappa shape index (κ2) is 8.17. The highest BCUT2D eigenvalue weighted by atomic mass is 16.2. The Kier molecular flexibility index (Phi) is 5.71. The molecule has 0 saturated carbocycles. The van der Waals surface area contributed by atoms with E-state index in [4.69, 9.17) is 0 Å². The van der Waals surface area contributed by atoms with Crippen molar-refractivity contribution in [2.24, 2.45) is 5.92 Å². The van der Waals surface area contributed by atoms with Gasteiger partial charge >= 0.3 is 0 Å². The Hall–Kier alpha value is -2.62. The lowest BCUT2D eigenvalue weighted by Crippen LogP contribution is -2.37. The Labute approximate surface area is 155 Å². The Balaban J connectivity index is 1.57. The van der Waals surface area contributed by atoms with Crippen molar-refractivity contribution in [2.75, 3.05) is 18.4 Å². The quantitative estimate of drug-likeness (QED) is 0.896. The van der Waals surface area contributed by atoms with Crippen LogP contribution in [-0.4, -0.2) is 29.8 Å². The number of amides is 2. The summed E-state index contributed by atoms with van der Waals surface area (Å²) in [6, 6.07) is 16.3. The largest absolute Gasteiger partial charge is 0.343 e. The molecule has 0 atom stereocenters. The Morgan fingerprint density at radius 2 is 1.77 bits per heavy atom. The van der Waals surface area contributed by atoms with Gasteiger partial charge in [-0.2, -0.15) is 0 Å². The summed E-state index contributed by atoms with van der Waals surface area (Å²) in [6.45, 7) is 5.19. The van der Waals surface area contributed by atoms with Crippen molar-refractivity contribution in [3.8, 4) is 11.1 Å². The number of rotatable bonds is 4. The molecule has 1 heterocycles. The van der Waals surface area contributed by atoms with Crippen molar-refractivity contribution in [1.29, 1.82) is 0 Å². The molecule has 0 unspecified atom stereocenters. The molecule has 4 nitrogen and oxygen atoms in total. The molecule has 0 spiro atoms. The molecule has 1 saturated heterocycles. The summed E-state index contributed by atoms with van der Waals surface area (Å²) in [4.78, 5) is 25.6. The minimum absolute atomic E-state index is 0.0538. The molecular weight excluding hydrogens is 324 g/mol. The number of benzene rings is 2. The van der Waals surface area contributed by atoms with Crippen LogP contribution in [-0.2, 0) is 9.59 Å². The lowest BCUT2D eigenvalue weighted by Gasteiger charge is -2.30. The zero-order valence-electron chi connectivity index (χ0n) is 15.5. The third kappa shape index (κ3) is 4.51. The molecule has 26 heavy (non-hydrogen) atoms. The molecule has 1 aliphatic rings. The summed E-state index contributed by atoms with van der Waals surface area (Å²) in [5, 5.41) is 3.02. The van der Waals surface area contributed by atoms with Crippen molar-refractivity contribution in [3.05, 3.63) is 54.1 Å². The van der Waals surface area contributed by atoms with E-state index in [0.717, 1.165) is 37.2 Å². The molecule has 2 aromatic carbocycles. The van der Waals surface area contributed by atoms with Crippen LogP contribution in [0.3, 0.4) is 0 Å². The van der Waals surface area contributed by atoms with Gasteiger partial charge < -0.3 is 10.2 Å². The van der Waals surface area contributed by atoms with E-state index in [1.54, 1.807) is 6.92 Å². The first kappa shape index (κ1) is 18.2. The van der Waals surface area contributed by atoms with Gasteiger partial charge in [-0.15, -0.1) is 0 Å². The average Bonchev–Trinajstić information content (AvgIpc) is 2.63. The van der Waals surface area contributed by atoms with Gasteiger partial charge in [0.2, 0.25) is 11.8 Å². The lowest BCUT2D eigenvalue weighted by molar-refractivity contribution is -0.130. The third-order valence-corrected chi connectivity index (χ3v) is 5.13. The van der Waals surface area contributed by atoms with E-state index >= 15 is 0 Å². The Morgan fingerprint density at radius 3 is 2.38 bits per heavy atom. The van der Waals surface area contributed by atoms with Gasteiger partial charge in [0.1, 0.15) is 0 Å². The third-order valence-electron chi connectivity index (χ3n) is 5.13. The van der Waals surface area contributed by atoms with Crippen molar-refractivity contribution in [1.82, 2.24) is 4.90 Å². The van der Waals surface area contributed by atoms with Gasteiger partial charge in [-0.05, 0) is 54.5 Å². The van der Waals surface area contributed by atoms with E-state index in [9.17, 15) is 9.59 Å². The highest BCUT2D eigenvalue weighted by molar-refractivity contribution is 5.91. The highest BCUT2D eigenvalue weighted by Crippen LogP contribution is 2.26. The number of piperidine rings is 1. The van der Waals surface area contributed by atoms with Crippen molar-refractivity contribution in [3.63, 3.8) is 0 Å². The van der Waals surface area contributed by atoms with Crippen molar-refractivity contribution in [2.45, 2.75) is 33.1 Å². The van der Waals surface area contributed by atoms with Crippen LogP contribution in [0.1, 0.15) is 31.7 Å². The standard InChI is InChI=1S/C22H26N2O2/c1-16-14-20(8-9-21(16)19-6-4-3-5-7-19)23-22(26)15-18-10-12-24(13-11-18)17(2)25/h3-9,14,18H,10-13,15H2,1-2H3,(H,23,26). The van der Waals surface area contributed by atoms with Crippen LogP contribution >= 0.6 is 0 Å². The maximum Gasteiger partial charge on any atom is 0.224 e. The molecule has 0 bridgehead atoms. The minimum atomic E-state index is 0.0538. The van der Waals surface area contributed by atoms with E-state index in [-0.39, 0.29) is 11.8 Å². The van der Waals surface area contributed by atoms with Gasteiger partial charge in [0.15, 0.2) is 0 Å². The van der Waals surface area contributed by atoms with Crippen LogP contribution in [0.25, 0.3) is 11.1 Å². The summed E-state index contributed by atoms with van der Waals surface area (Å²) < 4.78 is 0. The fourth-order valence-corrected chi connectivity index (χ4v) is 3.61. The number of anilines is 1. The molecule has 136 valence electrons. The molecule has 4 heteroatoms. The molecule has 3 rings (SSSR count). The summed E-state index contributed by atoms with van der Waals surface area (Å²) in [6.07, 6.45) is 2.32.